The number of carboxylic acid groups (broad SMARTS) is 1. The fourth-order valence-electron chi connectivity index (χ4n) is 4.25. The highest BCUT2D eigenvalue weighted by atomic mass is 16.4. The summed E-state index contributed by atoms with van der Waals surface area (Å²) in [6.07, 6.45) is 0. The summed E-state index contributed by atoms with van der Waals surface area (Å²) in [6.45, 7) is 2.86. The lowest BCUT2D eigenvalue weighted by atomic mass is 9.97. The van der Waals surface area contributed by atoms with E-state index in [2.05, 4.69) is 9.88 Å². The third-order valence-electron chi connectivity index (χ3n) is 5.95. The van der Waals surface area contributed by atoms with E-state index in [0.29, 0.717) is 32.7 Å². The molecule has 1 saturated heterocycles. The van der Waals surface area contributed by atoms with Crippen LogP contribution in [0.25, 0.3) is 22.2 Å². The van der Waals surface area contributed by atoms with E-state index in [1.54, 1.807) is 19.0 Å². The normalized spacial score (nSPS) is 16.3. The first kappa shape index (κ1) is 21.1. The Morgan fingerprint density at radius 2 is 1.65 bits per heavy atom. The summed E-state index contributed by atoms with van der Waals surface area (Å²) in [7, 11) is 3.50. The van der Waals surface area contributed by atoms with Gasteiger partial charge in [0.15, 0.2) is 0 Å². The highest BCUT2D eigenvalue weighted by Crippen LogP contribution is 2.37. The molecule has 1 amide bonds. The molecule has 2 aromatic carbocycles. The van der Waals surface area contributed by atoms with Crippen molar-refractivity contribution < 1.29 is 14.7 Å². The molecule has 0 spiro atoms. The van der Waals surface area contributed by atoms with Crippen LogP contribution >= 0.6 is 0 Å². The van der Waals surface area contributed by atoms with Crippen molar-refractivity contribution in [3.8, 4) is 11.3 Å². The molecule has 3 aromatic rings. The van der Waals surface area contributed by atoms with Crippen LogP contribution in [0.15, 0.2) is 54.6 Å². The summed E-state index contributed by atoms with van der Waals surface area (Å²) in [6, 6.07) is 17.0. The summed E-state index contributed by atoms with van der Waals surface area (Å²) in [5.74, 6) is -0.800. The molecule has 1 aliphatic heterocycles. The molecule has 0 radical (unpaired) electrons. The number of H-pyrrole nitrogens is 1. The van der Waals surface area contributed by atoms with Crippen molar-refractivity contribution in [3.63, 3.8) is 0 Å². The zero-order valence-electron chi connectivity index (χ0n) is 17.9. The molecule has 0 saturated carbocycles. The molecule has 0 bridgehead atoms. The number of carbonyl (C=O) groups is 2. The lowest BCUT2D eigenvalue weighted by Crippen LogP contribution is -2.51. The second-order valence-corrected chi connectivity index (χ2v) is 8.17. The van der Waals surface area contributed by atoms with Gasteiger partial charge in [-0.25, -0.2) is 0 Å². The van der Waals surface area contributed by atoms with Gasteiger partial charge >= 0.3 is 5.97 Å². The fourth-order valence-corrected chi connectivity index (χ4v) is 4.25. The topological polar surface area (TPSA) is 79.9 Å². The number of nitrogens with zero attached hydrogens (tertiary/aromatic N) is 3. The molecule has 1 fully saturated rings. The number of aromatic amines is 1. The van der Waals surface area contributed by atoms with Gasteiger partial charge in [0.05, 0.1) is 12.2 Å². The zero-order valence-corrected chi connectivity index (χ0v) is 17.9. The highest BCUT2D eigenvalue weighted by molar-refractivity contribution is 5.95. The van der Waals surface area contributed by atoms with Gasteiger partial charge in [-0.15, -0.1) is 0 Å². The number of aromatic nitrogens is 1. The Morgan fingerprint density at radius 1 is 1.00 bits per heavy atom. The van der Waals surface area contributed by atoms with Crippen molar-refractivity contribution in [3.05, 3.63) is 60.2 Å². The number of nitrogens with one attached hydrogen (secondary N) is 1. The summed E-state index contributed by atoms with van der Waals surface area (Å²) in [5.41, 5.74) is 3.54. The number of carbonyl (C=O) groups excluding carboxylic acids is 1. The van der Waals surface area contributed by atoms with Gasteiger partial charge in [-0.3, -0.25) is 19.4 Å². The quantitative estimate of drug-likeness (QED) is 0.641. The molecule has 4 rings (SSSR count). The van der Waals surface area contributed by atoms with Gasteiger partial charge in [-0.05, 0) is 11.6 Å². The standard InChI is InChI=1S/C24H28N4O3/c1-26(2)20(29)16-27-12-14-28(15-13-27)23(24(30)31)21-18-10-6-7-11-19(18)25-22(21)17-8-4-3-5-9-17/h3-11,23,25H,12-16H2,1-2H3,(H,30,31)/t23-/m0/s1. The van der Waals surface area contributed by atoms with Crippen molar-refractivity contribution >= 4 is 22.8 Å². The number of carboxylic acids is 1. The summed E-state index contributed by atoms with van der Waals surface area (Å²) < 4.78 is 0. The van der Waals surface area contributed by atoms with Gasteiger partial charge in [0, 0.05) is 56.7 Å². The van der Waals surface area contributed by atoms with E-state index < -0.39 is 12.0 Å². The van der Waals surface area contributed by atoms with Gasteiger partial charge in [-0.1, -0.05) is 48.5 Å². The van der Waals surface area contributed by atoms with E-state index in [1.807, 2.05) is 59.5 Å². The summed E-state index contributed by atoms with van der Waals surface area (Å²) in [5, 5.41) is 11.2. The van der Waals surface area contributed by atoms with Gasteiger partial charge in [-0.2, -0.15) is 0 Å². The zero-order chi connectivity index (χ0) is 22.0. The average Bonchev–Trinajstić information content (AvgIpc) is 3.15. The molecule has 2 heterocycles. The van der Waals surface area contributed by atoms with Crippen molar-refractivity contribution in [1.82, 2.24) is 19.7 Å². The second-order valence-electron chi connectivity index (χ2n) is 8.17. The highest BCUT2D eigenvalue weighted by Gasteiger charge is 2.34. The van der Waals surface area contributed by atoms with Crippen LogP contribution in [-0.4, -0.2) is 83.5 Å². The van der Waals surface area contributed by atoms with Crippen molar-refractivity contribution in [2.75, 3.05) is 46.8 Å². The van der Waals surface area contributed by atoms with Gasteiger partial charge in [0.25, 0.3) is 0 Å². The maximum Gasteiger partial charge on any atom is 0.325 e. The van der Waals surface area contributed by atoms with E-state index in [4.69, 9.17) is 0 Å². The first-order chi connectivity index (χ1) is 15.0. The molecule has 0 aliphatic carbocycles. The van der Waals surface area contributed by atoms with E-state index in [1.165, 1.54) is 0 Å². The number of fused-ring (bicyclic) bond motifs is 1. The van der Waals surface area contributed by atoms with Crippen LogP contribution in [0.4, 0.5) is 0 Å². The average molecular weight is 421 g/mol. The predicted octanol–water partition coefficient (Wildman–Crippen LogP) is 2.67. The van der Waals surface area contributed by atoms with Crippen LogP contribution < -0.4 is 0 Å². The Morgan fingerprint density at radius 3 is 2.29 bits per heavy atom. The molecule has 31 heavy (non-hydrogen) atoms. The molecule has 1 aliphatic rings. The Bertz CT molecular complexity index is 1070. The Balaban J connectivity index is 1.67. The van der Waals surface area contributed by atoms with Crippen LogP contribution in [0.2, 0.25) is 0 Å². The second kappa shape index (κ2) is 8.91. The number of likely N-dealkylation sites (N-methyl/N-ethyl adjacent to an activating group) is 1. The molecule has 7 heteroatoms. The first-order valence-corrected chi connectivity index (χ1v) is 10.5. The van der Waals surface area contributed by atoms with Crippen LogP contribution in [0.1, 0.15) is 11.6 Å². The minimum atomic E-state index is -0.861. The van der Waals surface area contributed by atoms with E-state index in [9.17, 15) is 14.7 Å². The van der Waals surface area contributed by atoms with E-state index in [0.717, 1.165) is 27.7 Å². The lowest BCUT2D eigenvalue weighted by molar-refractivity contribution is -0.144. The van der Waals surface area contributed by atoms with Gasteiger partial charge in [0.2, 0.25) is 5.91 Å². The minimum Gasteiger partial charge on any atom is -0.480 e. The Labute approximate surface area is 181 Å². The maximum absolute atomic E-state index is 12.5. The molecular weight excluding hydrogens is 392 g/mol. The number of para-hydroxylation sites is 1. The van der Waals surface area contributed by atoms with Crippen LogP contribution in [0.5, 0.6) is 0 Å². The number of rotatable bonds is 6. The fraction of sp³-hybridized carbons (Fsp3) is 0.333. The number of amides is 1. The first-order valence-electron chi connectivity index (χ1n) is 10.5. The smallest absolute Gasteiger partial charge is 0.325 e. The van der Waals surface area contributed by atoms with E-state index in [-0.39, 0.29) is 5.91 Å². The van der Waals surface area contributed by atoms with Crippen molar-refractivity contribution in [1.29, 1.82) is 0 Å². The van der Waals surface area contributed by atoms with Crippen molar-refractivity contribution in [2.45, 2.75) is 6.04 Å². The minimum absolute atomic E-state index is 0.0613. The van der Waals surface area contributed by atoms with Crippen LogP contribution in [0, 0.1) is 0 Å². The van der Waals surface area contributed by atoms with Crippen LogP contribution in [-0.2, 0) is 9.59 Å². The van der Waals surface area contributed by atoms with E-state index >= 15 is 0 Å². The lowest BCUT2D eigenvalue weighted by Gasteiger charge is -2.38. The molecule has 162 valence electrons. The number of hydrogen-bond acceptors (Lipinski definition) is 4. The Hall–Kier alpha value is -3.16. The Kier molecular flexibility index (Phi) is 6.06. The summed E-state index contributed by atoms with van der Waals surface area (Å²) >= 11 is 0. The van der Waals surface area contributed by atoms with Gasteiger partial charge < -0.3 is 15.0 Å². The van der Waals surface area contributed by atoms with Crippen molar-refractivity contribution in [2.24, 2.45) is 0 Å². The molecule has 1 aromatic heterocycles. The number of hydrogen-bond donors (Lipinski definition) is 2. The number of piperazine rings is 1. The molecule has 2 N–H and O–H groups in total. The number of benzene rings is 2. The third-order valence-corrected chi connectivity index (χ3v) is 5.95. The van der Waals surface area contributed by atoms with Gasteiger partial charge in [0.1, 0.15) is 6.04 Å². The monoisotopic (exact) mass is 420 g/mol. The number of aliphatic carboxylic acids is 1. The largest absolute Gasteiger partial charge is 0.480 e. The molecule has 0 unspecified atom stereocenters. The van der Waals surface area contributed by atoms with Crippen LogP contribution in [0.3, 0.4) is 0 Å². The third kappa shape index (κ3) is 4.33. The molecular formula is C24H28N4O3. The molecule has 7 nitrogen and oxygen atoms in total. The molecule has 1 atom stereocenters. The summed E-state index contributed by atoms with van der Waals surface area (Å²) in [4.78, 5) is 33.7. The SMILES string of the molecule is CN(C)C(=O)CN1CCN([C@H](C(=O)O)c2c(-c3ccccc3)[nH]c3ccccc23)CC1. The predicted molar refractivity (Wildman–Crippen MR) is 121 cm³/mol. The maximum atomic E-state index is 12.5.